The molecule has 0 atom stereocenters. The van der Waals surface area contributed by atoms with Crippen molar-refractivity contribution in [3.63, 3.8) is 0 Å². The predicted octanol–water partition coefficient (Wildman–Crippen LogP) is 2.78. The summed E-state index contributed by atoms with van der Waals surface area (Å²) >= 11 is 0. The van der Waals surface area contributed by atoms with Crippen molar-refractivity contribution in [2.45, 2.75) is 6.92 Å². The number of nitrogens with zero attached hydrogens (tertiary/aromatic N) is 1. The molecule has 1 heterocycles. The van der Waals surface area contributed by atoms with Crippen LogP contribution in [0.4, 0.5) is 0 Å². The largest absolute Gasteiger partial charge is 0.462 e. The van der Waals surface area contributed by atoms with Crippen LogP contribution in [0.2, 0.25) is 0 Å². The minimum atomic E-state index is -0.255. The maximum Gasteiger partial charge on any atom is 0.340 e. The van der Waals surface area contributed by atoms with Gasteiger partial charge in [0.1, 0.15) is 0 Å². The molecule has 0 N–H and O–H groups in total. The van der Waals surface area contributed by atoms with E-state index in [1.807, 2.05) is 49.0 Å². The third kappa shape index (κ3) is 2.04. The Hall–Kier alpha value is -1.48. The molecule has 0 fully saturated rings. The van der Waals surface area contributed by atoms with Gasteiger partial charge in [0.2, 0.25) is 0 Å². The molecule has 0 aliphatic rings. The summed E-state index contributed by atoms with van der Waals surface area (Å²) in [5.41, 5.74) is 1.68. The van der Waals surface area contributed by atoms with Crippen molar-refractivity contribution in [2.75, 3.05) is 6.61 Å². The Balaban J connectivity index is 0.00000128. The van der Waals surface area contributed by atoms with Crippen LogP contribution in [0, 0.1) is 0 Å². The lowest BCUT2D eigenvalue weighted by molar-refractivity contribution is 0.0528. The molecule has 0 unspecified atom stereocenters. The van der Waals surface area contributed by atoms with E-state index < -0.39 is 0 Å². The average Bonchev–Trinajstić information content (AvgIpc) is 2.58. The molecule has 86 valence electrons. The Morgan fingerprint density at radius 2 is 2.06 bits per heavy atom. The van der Waals surface area contributed by atoms with Crippen LogP contribution in [-0.2, 0) is 11.8 Å². The van der Waals surface area contributed by atoms with Crippen molar-refractivity contribution in [3.8, 4) is 0 Å². The average molecular weight is 240 g/mol. The number of halogens is 1. The number of ether oxygens (including phenoxy) is 1. The van der Waals surface area contributed by atoms with Crippen LogP contribution in [0.5, 0.6) is 0 Å². The summed E-state index contributed by atoms with van der Waals surface area (Å²) in [6.07, 6.45) is 1.81. The molecule has 0 radical (unpaired) electrons. The van der Waals surface area contributed by atoms with Crippen molar-refractivity contribution in [1.29, 1.82) is 0 Å². The first-order valence-corrected chi connectivity index (χ1v) is 4.95. The first-order chi connectivity index (χ1) is 7.24. The van der Waals surface area contributed by atoms with Gasteiger partial charge in [-0.3, -0.25) is 0 Å². The van der Waals surface area contributed by atoms with E-state index in [9.17, 15) is 4.79 Å². The van der Waals surface area contributed by atoms with Gasteiger partial charge in [-0.25, -0.2) is 4.79 Å². The van der Waals surface area contributed by atoms with E-state index in [-0.39, 0.29) is 18.4 Å². The predicted molar refractivity (Wildman–Crippen MR) is 66.1 cm³/mol. The van der Waals surface area contributed by atoms with Crippen molar-refractivity contribution in [3.05, 3.63) is 36.0 Å². The SMILES string of the molecule is CCOC(=O)c1cn(C)c2ccccc12.Cl. The molecular formula is C12H14ClNO2. The molecule has 0 amide bonds. The second kappa shape index (κ2) is 5.03. The van der Waals surface area contributed by atoms with E-state index in [0.29, 0.717) is 12.2 Å². The topological polar surface area (TPSA) is 31.2 Å². The zero-order valence-corrected chi connectivity index (χ0v) is 10.1. The molecule has 0 bridgehead atoms. The third-order valence-electron chi connectivity index (χ3n) is 2.39. The normalized spacial score (nSPS) is 9.88. The number of fused-ring (bicyclic) bond motifs is 1. The maximum atomic E-state index is 11.6. The Kier molecular flexibility index (Phi) is 3.96. The number of rotatable bonds is 2. The molecule has 0 saturated carbocycles. The second-order valence-electron chi connectivity index (χ2n) is 3.39. The summed E-state index contributed by atoms with van der Waals surface area (Å²) in [6, 6.07) is 7.79. The van der Waals surface area contributed by atoms with Gasteiger partial charge >= 0.3 is 5.97 Å². The monoisotopic (exact) mass is 239 g/mol. The van der Waals surface area contributed by atoms with Crippen LogP contribution >= 0.6 is 12.4 Å². The fraction of sp³-hybridized carbons (Fsp3) is 0.250. The highest BCUT2D eigenvalue weighted by atomic mass is 35.5. The summed E-state index contributed by atoms with van der Waals surface area (Å²) in [5, 5.41) is 0.943. The molecule has 0 aliphatic carbocycles. The first kappa shape index (κ1) is 12.6. The second-order valence-corrected chi connectivity index (χ2v) is 3.39. The van der Waals surface area contributed by atoms with Gasteiger partial charge in [0, 0.05) is 24.1 Å². The van der Waals surface area contributed by atoms with Gasteiger partial charge < -0.3 is 9.30 Å². The number of aryl methyl sites for hydroxylation is 1. The number of benzene rings is 1. The number of carbonyl (C=O) groups is 1. The van der Waals surface area contributed by atoms with Crippen molar-refractivity contribution >= 4 is 29.3 Å². The van der Waals surface area contributed by atoms with Crippen molar-refractivity contribution < 1.29 is 9.53 Å². The first-order valence-electron chi connectivity index (χ1n) is 4.95. The molecule has 2 rings (SSSR count). The smallest absolute Gasteiger partial charge is 0.340 e. The maximum absolute atomic E-state index is 11.6. The Morgan fingerprint density at radius 1 is 1.38 bits per heavy atom. The van der Waals surface area contributed by atoms with Crippen LogP contribution in [0.15, 0.2) is 30.5 Å². The van der Waals surface area contributed by atoms with E-state index in [0.717, 1.165) is 10.9 Å². The minimum absolute atomic E-state index is 0. The lowest BCUT2D eigenvalue weighted by Gasteiger charge is -1.98. The number of para-hydroxylation sites is 1. The molecule has 3 nitrogen and oxygen atoms in total. The number of aromatic nitrogens is 1. The van der Waals surface area contributed by atoms with Gasteiger partial charge in [-0.1, -0.05) is 18.2 Å². The highest BCUT2D eigenvalue weighted by Gasteiger charge is 2.13. The lowest BCUT2D eigenvalue weighted by Crippen LogP contribution is -2.03. The Bertz CT molecular complexity index is 505. The van der Waals surface area contributed by atoms with Gasteiger partial charge in [0.25, 0.3) is 0 Å². The molecule has 1 aromatic heterocycles. The zero-order chi connectivity index (χ0) is 10.8. The van der Waals surface area contributed by atoms with Gasteiger partial charge in [0.05, 0.1) is 12.2 Å². The van der Waals surface area contributed by atoms with Crippen LogP contribution in [-0.4, -0.2) is 17.1 Å². The lowest BCUT2D eigenvalue weighted by atomic mass is 10.2. The van der Waals surface area contributed by atoms with Crippen LogP contribution in [0.3, 0.4) is 0 Å². The van der Waals surface area contributed by atoms with Gasteiger partial charge in [-0.15, -0.1) is 12.4 Å². The van der Waals surface area contributed by atoms with Gasteiger partial charge in [-0.05, 0) is 13.0 Å². The van der Waals surface area contributed by atoms with Crippen molar-refractivity contribution in [1.82, 2.24) is 4.57 Å². The molecule has 1 aromatic carbocycles. The summed E-state index contributed by atoms with van der Waals surface area (Å²) in [6.45, 7) is 2.21. The van der Waals surface area contributed by atoms with Crippen LogP contribution < -0.4 is 0 Å². The van der Waals surface area contributed by atoms with E-state index in [2.05, 4.69) is 0 Å². The Morgan fingerprint density at radius 3 is 2.75 bits per heavy atom. The van der Waals surface area contributed by atoms with Gasteiger partial charge in [0.15, 0.2) is 0 Å². The third-order valence-corrected chi connectivity index (χ3v) is 2.39. The summed E-state index contributed by atoms with van der Waals surface area (Å²) in [4.78, 5) is 11.6. The summed E-state index contributed by atoms with van der Waals surface area (Å²) < 4.78 is 6.93. The molecule has 4 heteroatoms. The van der Waals surface area contributed by atoms with E-state index in [1.54, 1.807) is 0 Å². The molecule has 0 saturated heterocycles. The zero-order valence-electron chi connectivity index (χ0n) is 9.27. The number of esters is 1. The molecular weight excluding hydrogens is 226 g/mol. The standard InChI is InChI=1S/C12H13NO2.ClH/c1-3-15-12(14)10-8-13(2)11-7-5-4-6-9(10)11;/h4-8H,3H2,1-2H3;1H. The summed E-state index contributed by atoms with van der Waals surface area (Å²) in [5.74, 6) is -0.255. The van der Waals surface area contributed by atoms with Crippen molar-refractivity contribution in [2.24, 2.45) is 7.05 Å². The van der Waals surface area contributed by atoms with Crippen LogP contribution in [0.1, 0.15) is 17.3 Å². The fourth-order valence-electron chi connectivity index (χ4n) is 1.71. The quantitative estimate of drug-likeness (QED) is 0.755. The molecule has 2 aromatic rings. The Labute approximate surface area is 100 Å². The fourth-order valence-corrected chi connectivity index (χ4v) is 1.71. The van der Waals surface area contributed by atoms with Crippen LogP contribution in [0.25, 0.3) is 10.9 Å². The highest BCUT2D eigenvalue weighted by Crippen LogP contribution is 2.20. The van der Waals surface area contributed by atoms with E-state index in [4.69, 9.17) is 4.74 Å². The minimum Gasteiger partial charge on any atom is -0.462 e. The van der Waals surface area contributed by atoms with E-state index in [1.165, 1.54) is 0 Å². The summed E-state index contributed by atoms with van der Waals surface area (Å²) in [7, 11) is 1.92. The number of hydrogen-bond donors (Lipinski definition) is 0. The van der Waals surface area contributed by atoms with E-state index >= 15 is 0 Å². The van der Waals surface area contributed by atoms with Gasteiger partial charge in [-0.2, -0.15) is 0 Å². The number of hydrogen-bond acceptors (Lipinski definition) is 2. The highest BCUT2D eigenvalue weighted by molar-refractivity contribution is 6.04. The molecule has 16 heavy (non-hydrogen) atoms. The number of carbonyl (C=O) groups excluding carboxylic acids is 1. The molecule has 0 aliphatic heterocycles. The molecule has 0 spiro atoms.